The van der Waals surface area contributed by atoms with Gasteiger partial charge in [-0.15, -0.1) is 0 Å². The van der Waals surface area contributed by atoms with Crippen LogP contribution in [0.5, 0.6) is 5.75 Å². The summed E-state index contributed by atoms with van der Waals surface area (Å²) in [5.41, 5.74) is 4.92. The fourth-order valence-electron chi connectivity index (χ4n) is 4.65. The summed E-state index contributed by atoms with van der Waals surface area (Å²) in [6.07, 6.45) is -0.474. The molecule has 0 aromatic heterocycles. The third kappa shape index (κ3) is 8.39. The summed E-state index contributed by atoms with van der Waals surface area (Å²) in [6.45, 7) is 5.77. The van der Waals surface area contributed by atoms with Crippen LogP contribution in [0, 0.1) is 5.82 Å². The van der Waals surface area contributed by atoms with E-state index in [1.54, 1.807) is 63.2 Å². The Morgan fingerprint density at radius 3 is 2.40 bits per heavy atom. The van der Waals surface area contributed by atoms with Gasteiger partial charge in [0, 0.05) is 37.1 Å². The van der Waals surface area contributed by atoms with Crippen molar-refractivity contribution >= 4 is 17.8 Å². The number of carbonyl (C=O) groups is 2. The van der Waals surface area contributed by atoms with Crippen molar-refractivity contribution in [2.45, 2.75) is 63.8 Å². The Labute approximate surface area is 251 Å². The largest absolute Gasteiger partial charge is 0.494 e. The number of benzene rings is 3. The van der Waals surface area contributed by atoms with Crippen LogP contribution in [0.25, 0.3) is 0 Å². The molecular weight excluding hydrogens is 553 g/mol. The number of aliphatic imine (C=N–C) groups is 1. The monoisotopic (exact) mass is 591 g/mol. The molecule has 0 saturated heterocycles. The molecule has 1 aliphatic heterocycles. The third-order valence-corrected chi connectivity index (χ3v) is 6.70. The first-order valence-corrected chi connectivity index (χ1v) is 14.3. The lowest BCUT2D eigenvalue weighted by atomic mass is 9.83. The molecule has 228 valence electrons. The van der Waals surface area contributed by atoms with Gasteiger partial charge in [0.15, 0.2) is 11.6 Å². The Morgan fingerprint density at radius 2 is 1.72 bits per heavy atom. The summed E-state index contributed by atoms with van der Waals surface area (Å²) in [5, 5.41) is 9.01. The molecule has 0 fully saturated rings. The molecule has 0 saturated carbocycles. The SMILES string of the molecule is CC(C)(C)OC(=O)CC[C@]1(C(=O)NNCc2ccccc2F)N=C(c2ccc(OCCCO)cc2)O[C@H]1c1ccccc1. The van der Waals surface area contributed by atoms with Crippen molar-refractivity contribution in [3.8, 4) is 5.75 Å². The van der Waals surface area contributed by atoms with Gasteiger partial charge in [-0.2, -0.15) is 0 Å². The van der Waals surface area contributed by atoms with Gasteiger partial charge in [-0.25, -0.2) is 14.8 Å². The van der Waals surface area contributed by atoms with E-state index in [0.717, 1.165) is 0 Å². The summed E-state index contributed by atoms with van der Waals surface area (Å²) in [5.74, 6) is -0.579. The van der Waals surface area contributed by atoms with Gasteiger partial charge in [-0.1, -0.05) is 48.5 Å². The molecule has 4 rings (SSSR count). The Kier molecular flexibility index (Phi) is 10.5. The average molecular weight is 592 g/mol. The molecule has 2 atom stereocenters. The number of hydrogen-bond donors (Lipinski definition) is 3. The number of aliphatic hydroxyl groups is 1. The minimum absolute atomic E-state index is 0.0134. The Morgan fingerprint density at radius 1 is 1.02 bits per heavy atom. The minimum atomic E-state index is -1.56. The van der Waals surface area contributed by atoms with E-state index in [9.17, 15) is 14.0 Å². The topological polar surface area (TPSA) is 118 Å². The maximum atomic E-state index is 14.2. The number of halogens is 1. The molecule has 0 unspecified atom stereocenters. The molecule has 1 amide bonds. The zero-order valence-corrected chi connectivity index (χ0v) is 24.6. The van der Waals surface area contributed by atoms with Crippen LogP contribution in [0.1, 0.15) is 62.8 Å². The first kappa shape index (κ1) is 31.7. The van der Waals surface area contributed by atoms with Crippen molar-refractivity contribution in [3.63, 3.8) is 0 Å². The normalized spacial score (nSPS) is 18.0. The molecule has 3 N–H and O–H groups in total. The summed E-state index contributed by atoms with van der Waals surface area (Å²) in [6, 6.07) is 22.5. The maximum absolute atomic E-state index is 14.2. The van der Waals surface area contributed by atoms with Crippen molar-refractivity contribution in [3.05, 3.63) is 101 Å². The highest BCUT2D eigenvalue weighted by Crippen LogP contribution is 2.43. The van der Waals surface area contributed by atoms with E-state index in [-0.39, 0.29) is 31.9 Å². The lowest BCUT2D eigenvalue weighted by Gasteiger charge is -2.31. The Balaban J connectivity index is 1.66. The number of esters is 1. The van der Waals surface area contributed by atoms with Crippen molar-refractivity contribution in [2.75, 3.05) is 13.2 Å². The molecule has 0 bridgehead atoms. The molecule has 1 aliphatic rings. The molecule has 10 heteroatoms. The number of ether oxygens (including phenoxy) is 3. The van der Waals surface area contributed by atoms with Gasteiger partial charge >= 0.3 is 5.97 Å². The number of rotatable bonds is 13. The van der Waals surface area contributed by atoms with Crippen molar-refractivity contribution in [2.24, 2.45) is 4.99 Å². The van der Waals surface area contributed by atoms with Gasteiger partial charge in [-0.05, 0) is 63.1 Å². The highest BCUT2D eigenvalue weighted by Gasteiger charge is 2.53. The number of carbonyl (C=O) groups excluding carboxylic acids is 2. The quantitative estimate of drug-likeness (QED) is 0.149. The first-order valence-electron chi connectivity index (χ1n) is 14.3. The third-order valence-electron chi connectivity index (χ3n) is 6.70. The predicted molar refractivity (Wildman–Crippen MR) is 160 cm³/mol. The minimum Gasteiger partial charge on any atom is -0.494 e. The van der Waals surface area contributed by atoms with E-state index in [0.29, 0.717) is 35.5 Å². The van der Waals surface area contributed by atoms with Crippen molar-refractivity contribution in [1.29, 1.82) is 0 Å². The summed E-state index contributed by atoms with van der Waals surface area (Å²) in [4.78, 5) is 31.7. The van der Waals surface area contributed by atoms with E-state index in [1.807, 2.05) is 30.3 Å². The summed E-state index contributed by atoms with van der Waals surface area (Å²) < 4.78 is 31.8. The second kappa shape index (κ2) is 14.3. The van der Waals surface area contributed by atoms with E-state index in [2.05, 4.69) is 10.9 Å². The van der Waals surface area contributed by atoms with Crippen LogP contribution in [-0.2, 0) is 25.6 Å². The number of amides is 1. The summed E-state index contributed by atoms with van der Waals surface area (Å²) in [7, 11) is 0. The first-order chi connectivity index (χ1) is 20.6. The van der Waals surface area contributed by atoms with Gasteiger partial charge < -0.3 is 19.3 Å². The smallest absolute Gasteiger partial charge is 0.306 e. The van der Waals surface area contributed by atoms with Crippen LogP contribution in [0.3, 0.4) is 0 Å². The van der Waals surface area contributed by atoms with Crippen LogP contribution < -0.4 is 15.6 Å². The van der Waals surface area contributed by atoms with Crippen molar-refractivity contribution < 1.29 is 33.3 Å². The molecule has 3 aromatic rings. The Bertz CT molecular complexity index is 1410. The maximum Gasteiger partial charge on any atom is 0.306 e. The molecule has 9 nitrogen and oxygen atoms in total. The number of hydrazine groups is 1. The zero-order chi connectivity index (χ0) is 30.9. The molecule has 1 heterocycles. The van der Waals surface area contributed by atoms with Crippen LogP contribution in [0.15, 0.2) is 83.9 Å². The fourth-order valence-corrected chi connectivity index (χ4v) is 4.65. The van der Waals surface area contributed by atoms with Crippen LogP contribution >= 0.6 is 0 Å². The van der Waals surface area contributed by atoms with Gasteiger partial charge in [0.05, 0.1) is 6.61 Å². The molecule has 43 heavy (non-hydrogen) atoms. The second-order valence-electron chi connectivity index (χ2n) is 11.2. The van der Waals surface area contributed by atoms with E-state index >= 15 is 0 Å². The van der Waals surface area contributed by atoms with Crippen molar-refractivity contribution in [1.82, 2.24) is 10.9 Å². The number of aliphatic hydroxyl groups excluding tert-OH is 1. The van der Waals surface area contributed by atoms with Crippen LogP contribution in [0.4, 0.5) is 4.39 Å². The van der Waals surface area contributed by atoms with E-state index < -0.39 is 34.9 Å². The molecule has 3 aromatic carbocycles. The molecule has 0 aliphatic carbocycles. The summed E-state index contributed by atoms with van der Waals surface area (Å²) >= 11 is 0. The Hall–Kier alpha value is -4.28. The molecular formula is C33H38FN3O6. The number of nitrogens with one attached hydrogen (secondary N) is 2. The second-order valence-corrected chi connectivity index (χ2v) is 11.2. The highest BCUT2D eigenvalue weighted by molar-refractivity contribution is 6.01. The van der Waals surface area contributed by atoms with E-state index in [1.165, 1.54) is 6.07 Å². The fraction of sp³-hybridized carbons (Fsp3) is 0.364. The number of hydrogen-bond acceptors (Lipinski definition) is 8. The van der Waals surface area contributed by atoms with Gasteiger partial charge in [0.2, 0.25) is 5.90 Å². The average Bonchev–Trinajstić information content (AvgIpc) is 3.38. The number of nitrogens with zero attached hydrogens (tertiary/aromatic N) is 1. The molecule has 0 spiro atoms. The van der Waals surface area contributed by atoms with Gasteiger partial charge in [0.25, 0.3) is 5.91 Å². The van der Waals surface area contributed by atoms with Crippen LogP contribution in [0.2, 0.25) is 0 Å². The van der Waals surface area contributed by atoms with Gasteiger partial charge in [0.1, 0.15) is 17.2 Å². The molecule has 0 radical (unpaired) electrons. The predicted octanol–water partition coefficient (Wildman–Crippen LogP) is 4.79. The van der Waals surface area contributed by atoms with Gasteiger partial charge in [-0.3, -0.25) is 15.0 Å². The van der Waals surface area contributed by atoms with Crippen LogP contribution in [-0.4, -0.2) is 47.2 Å². The zero-order valence-electron chi connectivity index (χ0n) is 24.6. The lowest BCUT2D eigenvalue weighted by Crippen LogP contribution is -2.52. The standard InChI is InChI=1S/C33H38FN3O6/c1-32(2,3)43-28(39)18-19-33(31(40)37-35-22-25-12-7-8-13-27(25)34)29(23-10-5-4-6-11-23)42-30(36-33)24-14-16-26(17-15-24)41-21-9-20-38/h4-8,10-17,29,35,38H,9,18-22H2,1-3H3,(H,37,40)/t29-,33-/m0/s1. The van der Waals surface area contributed by atoms with E-state index in [4.69, 9.17) is 24.3 Å². The lowest BCUT2D eigenvalue weighted by molar-refractivity contribution is -0.155. The highest BCUT2D eigenvalue weighted by atomic mass is 19.1.